The smallest absolute Gasteiger partial charge is 0.182 e. The lowest BCUT2D eigenvalue weighted by Crippen LogP contribution is -2.28. The first-order valence-corrected chi connectivity index (χ1v) is 7.72. The molecule has 2 aromatic rings. The van der Waals surface area contributed by atoms with E-state index in [1.165, 1.54) is 12.8 Å². The highest BCUT2D eigenvalue weighted by atomic mass is 15.6. The molecule has 3 atom stereocenters. The molecule has 0 amide bonds. The molecule has 1 saturated carbocycles. The Bertz CT molecular complexity index is 633. The van der Waals surface area contributed by atoms with Crippen LogP contribution in [0.4, 0.5) is 5.69 Å². The van der Waals surface area contributed by atoms with Gasteiger partial charge < -0.3 is 5.73 Å². The largest absolute Gasteiger partial charge is 0.399 e. The topological polar surface area (TPSA) is 69.6 Å². The molecule has 0 bridgehead atoms. The van der Waals surface area contributed by atoms with E-state index in [9.17, 15) is 0 Å². The third kappa shape index (κ3) is 2.52. The van der Waals surface area contributed by atoms with Gasteiger partial charge in [0.1, 0.15) is 0 Å². The maximum Gasteiger partial charge on any atom is 0.182 e. The summed E-state index contributed by atoms with van der Waals surface area (Å²) < 4.78 is 2.03. The van der Waals surface area contributed by atoms with E-state index in [1.807, 2.05) is 22.9 Å². The van der Waals surface area contributed by atoms with Crippen LogP contribution in [0.25, 0.3) is 11.4 Å². The number of benzene rings is 1. The van der Waals surface area contributed by atoms with Crippen LogP contribution in [0.1, 0.15) is 44.7 Å². The van der Waals surface area contributed by atoms with Crippen LogP contribution in [0.3, 0.4) is 0 Å². The molecular formula is C16H23N5. The summed E-state index contributed by atoms with van der Waals surface area (Å²) in [4.78, 5) is 0. The van der Waals surface area contributed by atoms with E-state index in [0.29, 0.717) is 17.9 Å². The molecule has 0 aliphatic heterocycles. The van der Waals surface area contributed by atoms with Gasteiger partial charge in [-0.05, 0) is 59.4 Å². The summed E-state index contributed by atoms with van der Waals surface area (Å²) in [5.74, 6) is 2.17. The molecule has 1 aliphatic rings. The lowest BCUT2D eigenvalue weighted by Gasteiger charge is -2.34. The van der Waals surface area contributed by atoms with Gasteiger partial charge in [-0.15, -0.1) is 5.10 Å². The number of aromatic nitrogens is 4. The number of aryl methyl sites for hydroxylation is 1. The Morgan fingerprint density at radius 1 is 1.24 bits per heavy atom. The van der Waals surface area contributed by atoms with Crippen molar-refractivity contribution < 1.29 is 0 Å². The highest BCUT2D eigenvalue weighted by Crippen LogP contribution is 2.39. The van der Waals surface area contributed by atoms with Gasteiger partial charge in [-0.2, -0.15) is 0 Å². The van der Waals surface area contributed by atoms with Gasteiger partial charge in [0.2, 0.25) is 0 Å². The molecule has 1 aliphatic carbocycles. The quantitative estimate of drug-likeness (QED) is 0.860. The molecule has 21 heavy (non-hydrogen) atoms. The number of nitrogens with two attached hydrogens (primary N) is 1. The van der Waals surface area contributed by atoms with Crippen molar-refractivity contribution in [1.82, 2.24) is 20.2 Å². The van der Waals surface area contributed by atoms with Crippen LogP contribution in [0.2, 0.25) is 0 Å². The van der Waals surface area contributed by atoms with E-state index < -0.39 is 0 Å². The van der Waals surface area contributed by atoms with Crippen molar-refractivity contribution >= 4 is 5.69 Å². The maximum atomic E-state index is 5.84. The van der Waals surface area contributed by atoms with Crippen molar-refractivity contribution in [2.24, 2.45) is 11.8 Å². The Labute approximate surface area is 125 Å². The first kappa shape index (κ1) is 14.0. The van der Waals surface area contributed by atoms with E-state index in [-0.39, 0.29) is 0 Å². The third-order valence-electron chi connectivity index (χ3n) is 4.96. The standard InChI is InChI=1S/C16H23N5/c1-10-5-4-6-15(12(10)3)21-16(18-19-20-21)14-8-7-13(17)9-11(14)2/h7-10,12,15H,4-6,17H2,1-3H3. The van der Waals surface area contributed by atoms with E-state index in [1.54, 1.807) is 0 Å². The van der Waals surface area contributed by atoms with Crippen LogP contribution >= 0.6 is 0 Å². The van der Waals surface area contributed by atoms with Crippen LogP contribution in [0, 0.1) is 18.8 Å². The summed E-state index contributed by atoms with van der Waals surface area (Å²) in [5.41, 5.74) is 8.80. The second-order valence-electron chi connectivity index (χ2n) is 6.36. The molecule has 1 aromatic heterocycles. The zero-order valence-corrected chi connectivity index (χ0v) is 13.0. The fourth-order valence-corrected chi connectivity index (χ4v) is 3.43. The maximum absolute atomic E-state index is 5.84. The fraction of sp³-hybridized carbons (Fsp3) is 0.562. The number of anilines is 1. The average Bonchev–Trinajstić information content (AvgIpc) is 2.91. The lowest BCUT2D eigenvalue weighted by atomic mass is 9.78. The normalized spacial score (nSPS) is 26.0. The van der Waals surface area contributed by atoms with Gasteiger partial charge in [0.25, 0.3) is 0 Å². The van der Waals surface area contributed by atoms with Gasteiger partial charge in [0.15, 0.2) is 5.82 Å². The fourth-order valence-electron chi connectivity index (χ4n) is 3.43. The van der Waals surface area contributed by atoms with Crippen molar-refractivity contribution in [3.8, 4) is 11.4 Å². The molecule has 1 fully saturated rings. The van der Waals surface area contributed by atoms with Crippen molar-refractivity contribution in [1.29, 1.82) is 0 Å². The summed E-state index contributed by atoms with van der Waals surface area (Å²) >= 11 is 0. The number of hydrogen-bond acceptors (Lipinski definition) is 4. The Balaban J connectivity index is 2.01. The Morgan fingerprint density at radius 3 is 2.81 bits per heavy atom. The Morgan fingerprint density at radius 2 is 2.05 bits per heavy atom. The Kier molecular flexibility index (Phi) is 3.66. The van der Waals surface area contributed by atoms with E-state index in [2.05, 4.69) is 36.3 Å². The molecule has 2 N–H and O–H groups in total. The van der Waals surface area contributed by atoms with E-state index >= 15 is 0 Å². The van der Waals surface area contributed by atoms with Crippen LogP contribution in [-0.2, 0) is 0 Å². The zero-order valence-electron chi connectivity index (χ0n) is 13.0. The molecule has 112 valence electrons. The van der Waals surface area contributed by atoms with Crippen LogP contribution in [0.15, 0.2) is 18.2 Å². The van der Waals surface area contributed by atoms with Crippen molar-refractivity contribution in [3.05, 3.63) is 23.8 Å². The molecular weight excluding hydrogens is 262 g/mol. The van der Waals surface area contributed by atoms with Crippen molar-refractivity contribution in [2.45, 2.75) is 46.1 Å². The minimum absolute atomic E-state index is 0.385. The summed E-state index contributed by atoms with van der Waals surface area (Å²) in [6, 6.07) is 6.29. The average molecular weight is 285 g/mol. The SMILES string of the molecule is Cc1cc(N)ccc1-c1nnnn1C1CCCC(C)C1C. The number of nitrogen functional groups attached to an aromatic ring is 1. The molecule has 3 rings (SSSR count). The molecule has 0 radical (unpaired) electrons. The second-order valence-corrected chi connectivity index (χ2v) is 6.36. The van der Waals surface area contributed by atoms with Crippen LogP contribution in [-0.4, -0.2) is 20.2 Å². The zero-order chi connectivity index (χ0) is 15.0. The highest BCUT2D eigenvalue weighted by Gasteiger charge is 2.31. The minimum atomic E-state index is 0.385. The molecule has 5 nitrogen and oxygen atoms in total. The summed E-state index contributed by atoms with van der Waals surface area (Å²) in [6.07, 6.45) is 3.70. The molecule has 3 unspecified atom stereocenters. The van der Waals surface area contributed by atoms with E-state index in [4.69, 9.17) is 5.73 Å². The first-order valence-electron chi connectivity index (χ1n) is 7.72. The van der Waals surface area contributed by atoms with Gasteiger partial charge in [-0.1, -0.05) is 26.7 Å². The van der Waals surface area contributed by atoms with Gasteiger partial charge in [0.05, 0.1) is 6.04 Å². The van der Waals surface area contributed by atoms with Crippen molar-refractivity contribution in [2.75, 3.05) is 5.73 Å². The molecule has 5 heteroatoms. The predicted octanol–water partition coefficient (Wildman–Crippen LogP) is 3.23. The number of tetrazole rings is 1. The number of hydrogen-bond donors (Lipinski definition) is 1. The molecule has 0 saturated heterocycles. The van der Waals surface area contributed by atoms with Gasteiger partial charge in [-0.25, -0.2) is 4.68 Å². The highest BCUT2D eigenvalue weighted by molar-refractivity contribution is 5.63. The molecule has 1 heterocycles. The monoisotopic (exact) mass is 285 g/mol. The number of rotatable bonds is 2. The van der Waals surface area contributed by atoms with Gasteiger partial charge in [0, 0.05) is 11.3 Å². The minimum Gasteiger partial charge on any atom is -0.399 e. The predicted molar refractivity (Wildman–Crippen MR) is 83.6 cm³/mol. The van der Waals surface area contributed by atoms with Gasteiger partial charge in [-0.3, -0.25) is 0 Å². The summed E-state index contributed by atoms with van der Waals surface area (Å²) in [5, 5.41) is 12.5. The summed E-state index contributed by atoms with van der Waals surface area (Å²) in [6.45, 7) is 6.70. The summed E-state index contributed by atoms with van der Waals surface area (Å²) in [7, 11) is 0. The molecule has 1 aromatic carbocycles. The first-order chi connectivity index (χ1) is 10.1. The second kappa shape index (κ2) is 5.47. The van der Waals surface area contributed by atoms with E-state index in [0.717, 1.165) is 29.1 Å². The Hall–Kier alpha value is -1.91. The van der Waals surface area contributed by atoms with Gasteiger partial charge >= 0.3 is 0 Å². The van der Waals surface area contributed by atoms with Crippen LogP contribution in [0.5, 0.6) is 0 Å². The molecule has 0 spiro atoms. The third-order valence-corrected chi connectivity index (χ3v) is 4.96. The van der Waals surface area contributed by atoms with Crippen molar-refractivity contribution in [3.63, 3.8) is 0 Å². The van der Waals surface area contributed by atoms with Crippen LogP contribution < -0.4 is 5.73 Å². The number of nitrogens with zero attached hydrogens (tertiary/aromatic N) is 4. The lowest BCUT2D eigenvalue weighted by molar-refractivity contribution is 0.174.